The summed E-state index contributed by atoms with van der Waals surface area (Å²) >= 11 is 3.54. The van der Waals surface area contributed by atoms with Crippen molar-refractivity contribution in [3.63, 3.8) is 0 Å². The van der Waals surface area contributed by atoms with Gasteiger partial charge in [-0.15, -0.1) is 0 Å². The molecule has 2 atom stereocenters. The molecule has 2 rings (SSSR count). The average molecular weight is 205 g/mol. The molecular weight excluding hydrogens is 192 g/mol. The van der Waals surface area contributed by atoms with Crippen LogP contribution in [-0.2, 0) is 0 Å². The van der Waals surface area contributed by atoms with Gasteiger partial charge in [-0.1, -0.05) is 0 Å². The third kappa shape index (κ3) is 1.00. The van der Waals surface area contributed by atoms with E-state index >= 15 is 0 Å². The van der Waals surface area contributed by atoms with Crippen molar-refractivity contribution in [1.29, 1.82) is 0 Å². The second-order valence-corrected chi connectivity index (χ2v) is 4.38. The summed E-state index contributed by atoms with van der Waals surface area (Å²) in [6.07, 6.45) is 2.78. The van der Waals surface area contributed by atoms with Crippen LogP contribution in [0.25, 0.3) is 0 Å². The topological polar surface area (TPSA) is 6.48 Å². The maximum Gasteiger partial charge on any atom is 0.0249 e. The van der Waals surface area contributed by atoms with Gasteiger partial charge in [0.1, 0.15) is 0 Å². The molecule has 0 aliphatic carbocycles. The SMILES string of the molecule is CN1C2CCC1CN(Br)C2. The summed E-state index contributed by atoms with van der Waals surface area (Å²) < 4.78 is 2.27. The molecule has 0 N–H and O–H groups in total. The fraction of sp³-hybridized carbons (Fsp3) is 1.00. The highest BCUT2D eigenvalue weighted by Crippen LogP contribution is 2.29. The monoisotopic (exact) mass is 204 g/mol. The number of rotatable bonds is 0. The van der Waals surface area contributed by atoms with E-state index in [4.69, 9.17) is 0 Å². The Balaban J connectivity index is 2.09. The summed E-state index contributed by atoms with van der Waals surface area (Å²) in [6.45, 7) is 2.40. The second kappa shape index (κ2) is 2.47. The van der Waals surface area contributed by atoms with Crippen molar-refractivity contribution in [3.05, 3.63) is 0 Å². The Kier molecular flexibility index (Phi) is 1.74. The summed E-state index contributed by atoms with van der Waals surface area (Å²) in [7, 11) is 2.25. The minimum Gasteiger partial charge on any atom is -0.298 e. The Morgan fingerprint density at radius 3 is 2.20 bits per heavy atom. The first kappa shape index (κ1) is 7.07. The number of hydrogen-bond donors (Lipinski definition) is 0. The van der Waals surface area contributed by atoms with Gasteiger partial charge in [0.05, 0.1) is 0 Å². The van der Waals surface area contributed by atoms with Crippen LogP contribution in [0, 0.1) is 0 Å². The molecule has 2 aliphatic heterocycles. The van der Waals surface area contributed by atoms with Gasteiger partial charge in [-0.2, -0.15) is 0 Å². The predicted molar refractivity (Wildman–Crippen MR) is 45.1 cm³/mol. The van der Waals surface area contributed by atoms with Gasteiger partial charge in [0.25, 0.3) is 0 Å². The molecule has 58 valence electrons. The molecular formula is C7H13BrN2. The first-order chi connectivity index (χ1) is 4.77. The van der Waals surface area contributed by atoms with E-state index in [0.717, 1.165) is 12.1 Å². The number of nitrogens with zero attached hydrogens (tertiary/aromatic N) is 2. The van der Waals surface area contributed by atoms with Crippen LogP contribution in [0.3, 0.4) is 0 Å². The first-order valence-electron chi connectivity index (χ1n) is 3.90. The third-order valence-corrected chi connectivity index (χ3v) is 3.38. The lowest BCUT2D eigenvalue weighted by Crippen LogP contribution is -2.48. The van der Waals surface area contributed by atoms with E-state index in [9.17, 15) is 0 Å². The quantitative estimate of drug-likeness (QED) is 0.546. The maximum absolute atomic E-state index is 3.54. The Labute approximate surface area is 70.5 Å². The smallest absolute Gasteiger partial charge is 0.0249 e. The van der Waals surface area contributed by atoms with E-state index in [2.05, 4.69) is 32.0 Å². The van der Waals surface area contributed by atoms with Gasteiger partial charge in [-0.3, -0.25) is 4.90 Å². The first-order valence-corrected chi connectivity index (χ1v) is 4.61. The van der Waals surface area contributed by atoms with Crippen LogP contribution in [0.15, 0.2) is 0 Å². The summed E-state index contributed by atoms with van der Waals surface area (Å²) in [5.74, 6) is 0. The number of piperazine rings is 1. The molecule has 0 saturated carbocycles. The van der Waals surface area contributed by atoms with Crippen molar-refractivity contribution in [1.82, 2.24) is 8.83 Å². The van der Waals surface area contributed by atoms with E-state index < -0.39 is 0 Å². The normalized spacial score (nSPS) is 42.6. The number of halogens is 1. The molecule has 0 amide bonds. The zero-order chi connectivity index (χ0) is 7.14. The summed E-state index contributed by atoms with van der Waals surface area (Å²) in [6, 6.07) is 1.64. The Morgan fingerprint density at radius 1 is 1.20 bits per heavy atom. The van der Waals surface area contributed by atoms with Gasteiger partial charge in [0, 0.05) is 41.3 Å². The second-order valence-electron chi connectivity index (χ2n) is 3.38. The van der Waals surface area contributed by atoms with Gasteiger partial charge in [0.2, 0.25) is 0 Å². The summed E-state index contributed by atoms with van der Waals surface area (Å²) in [5, 5.41) is 0. The van der Waals surface area contributed by atoms with Crippen molar-refractivity contribution in [2.75, 3.05) is 20.1 Å². The van der Waals surface area contributed by atoms with Crippen LogP contribution >= 0.6 is 16.1 Å². The zero-order valence-corrected chi connectivity index (χ0v) is 7.84. The lowest BCUT2D eigenvalue weighted by Gasteiger charge is -2.35. The Bertz CT molecular complexity index is 126. The summed E-state index contributed by atoms with van der Waals surface area (Å²) in [4.78, 5) is 2.53. The van der Waals surface area contributed by atoms with Crippen LogP contribution in [-0.4, -0.2) is 41.0 Å². The van der Waals surface area contributed by atoms with Gasteiger partial charge < -0.3 is 0 Å². The van der Waals surface area contributed by atoms with Gasteiger partial charge in [0.15, 0.2) is 0 Å². The van der Waals surface area contributed by atoms with Crippen LogP contribution < -0.4 is 0 Å². The van der Waals surface area contributed by atoms with Crippen molar-refractivity contribution in [2.45, 2.75) is 24.9 Å². The third-order valence-electron chi connectivity index (χ3n) is 2.80. The number of hydrogen-bond acceptors (Lipinski definition) is 2. The number of fused-ring (bicyclic) bond motifs is 2. The summed E-state index contributed by atoms with van der Waals surface area (Å²) in [5.41, 5.74) is 0. The van der Waals surface area contributed by atoms with E-state index in [1.165, 1.54) is 25.9 Å². The van der Waals surface area contributed by atoms with E-state index in [1.54, 1.807) is 0 Å². The van der Waals surface area contributed by atoms with Crippen molar-refractivity contribution in [3.8, 4) is 0 Å². The standard InChI is InChI=1S/C7H13BrN2/c1-9-6-2-3-7(9)5-10(8)4-6/h6-7H,2-5H2,1H3. The number of likely N-dealkylation sites (N-methyl/N-ethyl adjacent to an activating group) is 1. The Morgan fingerprint density at radius 2 is 1.70 bits per heavy atom. The highest BCUT2D eigenvalue weighted by molar-refractivity contribution is 9.07. The van der Waals surface area contributed by atoms with Gasteiger partial charge in [-0.05, 0) is 19.9 Å². The predicted octanol–water partition coefficient (Wildman–Crippen LogP) is 1.07. The molecule has 2 bridgehead atoms. The molecule has 0 spiro atoms. The largest absolute Gasteiger partial charge is 0.298 e. The van der Waals surface area contributed by atoms with Crippen LogP contribution in [0.1, 0.15) is 12.8 Å². The van der Waals surface area contributed by atoms with E-state index in [-0.39, 0.29) is 0 Å². The Hall–Kier alpha value is 0.400. The molecule has 3 heteroatoms. The highest BCUT2D eigenvalue weighted by Gasteiger charge is 2.36. The van der Waals surface area contributed by atoms with Crippen LogP contribution in [0.2, 0.25) is 0 Å². The van der Waals surface area contributed by atoms with Crippen molar-refractivity contribution >= 4 is 16.1 Å². The fourth-order valence-corrected chi connectivity index (χ4v) is 2.73. The average Bonchev–Trinajstić information content (AvgIpc) is 2.20. The molecule has 2 aliphatic rings. The van der Waals surface area contributed by atoms with E-state index in [1.807, 2.05) is 0 Å². The minimum absolute atomic E-state index is 0.818. The van der Waals surface area contributed by atoms with E-state index in [0.29, 0.717) is 0 Å². The molecule has 2 fully saturated rings. The minimum atomic E-state index is 0.818. The molecule has 2 saturated heterocycles. The zero-order valence-electron chi connectivity index (χ0n) is 6.26. The van der Waals surface area contributed by atoms with Crippen LogP contribution in [0.4, 0.5) is 0 Å². The molecule has 0 aromatic rings. The maximum atomic E-state index is 3.54. The molecule has 2 unspecified atom stereocenters. The van der Waals surface area contributed by atoms with Crippen LogP contribution in [0.5, 0.6) is 0 Å². The van der Waals surface area contributed by atoms with Gasteiger partial charge in [-0.25, -0.2) is 3.93 Å². The highest BCUT2D eigenvalue weighted by atomic mass is 79.9. The lowest BCUT2D eigenvalue weighted by molar-refractivity contribution is 0.151. The van der Waals surface area contributed by atoms with Gasteiger partial charge >= 0.3 is 0 Å². The fourth-order valence-electron chi connectivity index (χ4n) is 2.06. The molecule has 0 radical (unpaired) electrons. The lowest BCUT2D eigenvalue weighted by atomic mass is 10.2. The molecule has 2 heterocycles. The molecule has 10 heavy (non-hydrogen) atoms. The van der Waals surface area contributed by atoms with Crippen molar-refractivity contribution < 1.29 is 0 Å². The molecule has 0 aromatic carbocycles. The van der Waals surface area contributed by atoms with Crippen molar-refractivity contribution in [2.24, 2.45) is 0 Å². The molecule has 0 aromatic heterocycles. The molecule has 2 nitrogen and oxygen atoms in total.